The first-order valence-electron chi connectivity index (χ1n) is 8.45. The van der Waals surface area contributed by atoms with E-state index < -0.39 is 5.97 Å². The number of carbonyl (C=O) groups is 1. The third-order valence-electron chi connectivity index (χ3n) is 3.98. The molecule has 3 rings (SSSR count). The Morgan fingerprint density at radius 3 is 2.75 bits per heavy atom. The number of terminal acetylenes is 1. The second kappa shape index (κ2) is 9.45. The Morgan fingerprint density at radius 1 is 1.18 bits per heavy atom. The largest absolute Gasteiger partial charge is 0.486 e. The summed E-state index contributed by atoms with van der Waals surface area (Å²) < 4.78 is 11.5. The molecular weight excluding hydrogens is 440 g/mol. The molecule has 0 radical (unpaired) electrons. The Balaban J connectivity index is 1.75. The first-order chi connectivity index (χ1) is 13.6. The SMILES string of the molecule is C#CCOC(=O)/C=C/c1cc(Cl)c(OCc2cccc3ccccc23)c(Br)c1. The molecule has 3 aromatic carbocycles. The average molecular weight is 456 g/mol. The molecule has 0 bridgehead atoms. The van der Waals surface area contributed by atoms with Crippen molar-refractivity contribution in [1.29, 1.82) is 0 Å². The summed E-state index contributed by atoms with van der Waals surface area (Å²) in [5.41, 5.74) is 1.80. The molecule has 0 aliphatic rings. The summed E-state index contributed by atoms with van der Waals surface area (Å²) in [6.07, 6.45) is 7.95. The number of esters is 1. The molecule has 140 valence electrons. The molecular formula is C23H16BrClO3. The van der Waals surface area contributed by atoms with Crippen LogP contribution in [0, 0.1) is 12.3 Å². The van der Waals surface area contributed by atoms with E-state index in [2.05, 4.69) is 40.0 Å². The zero-order valence-electron chi connectivity index (χ0n) is 14.8. The van der Waals surface area contributed by atoms with Crippen molar-refractivity contribution in [1.82, 2.24) is 0 Å². The van der Waals surface area contributed by atoms with Crippen molar-refractivity contribution < 1.29 is 14.3 Å². The van der Waals surface area contributed by atoms with Crippen LogP contribution in [-0.4, -0.2) is 12.6 Å². The van der Waals surface area contributed by atoms with Gasteiger partial charge in [0.15, 0.2) is 12.4 Å². The van der Waals surface area contributed by atoms with Gasteiger partial charge in [-0.05, 0) is 56.0 Å². The van der Waals surface area contributed by atoms with Gasteiger partial charge in [-0.3, -0.25) is 0 Å². The van der Waals surface area contributed by atoms with Crippen LogP contribution in [0.15, 0.2) is 65.1 Å². The Labute approximate surface area is 177 Å². The quantitative estimate of drug-likeness (QED) is 0.259. The number of rotatable bonds is 6. The zero-order valence-corrected chi connectivity index (χ0v) is 17.2. The molecule has 0 aliphatic heterocycles. The predicted molar refractivity (Wildman–Crippen MR) is 116 cm³/mol. The fourth-order valence-electron chi connectivity index (χ4n) is 2.71. The van der Waals surface area contributed by atoms with Crippen LogP contribution in [0.4, 0.5) is 0 Å². The lowest BCUT2D eigenvalue weighted by molar-refractivity contribution is -0.136. The Hall–Kier alpha value is -2.74. The molecule has 5 heteroatoms. The smallest absolute Gasteiger partial charge is 0.331 e. The maximum absolute atomic E-state index is 11.5. The van der Waals surface area contributed by atoms with Crippen molar-refractivity contribution >= 4 is 50.3 Å². The van der Waals surface area contributed by atoms with Crippen molar-refractivity contribution in [3.8, 4) is 18.1 Å². The van der Waals surface area contributed by atoms with Gasteiger partial charge in [-0.15, -0.1) is 6.42 Å². The van der Waals surface area contributed by atoms with E-state index in [1.165, 1.54) is 6.08 Å². The summed E-state index contributed by atoms with van der Waals surface area (Å²) in [5, 5.41) is 2.74. The highest BCUT2D eigenvalue weighted by atomic mass is 79.9. The molecule has 0 aromatic heterocycles. The third-order valence-corrected chi connectivity index (χ3v) is 4.85. The van der Waals surface area contributed by atoms with Crippen molar-refractivity contribution in [3.63, 3.8) is 0 Å². The molecule has 0 aliphatic carbocycles. The van der Waals surface area contributed by atoms with Crippen molar-refractivity contribution in [2.45, 2.75) is 6.61 Å². The van der Waals surface area contributed by atoms with Gasteiger partial charge in [-0.2, -0.15) is 0 Å². The van der Waals surface area contributed by atoms with Crippen LogP contribution in [0.1, 0.15) is 11.1 Å². The van der Waals surface area contributed by atoms with Crippen molar-refractivity contribution in [2.24, 2.45) is 0 Å². The minimum atomic E-state index is -0.513. The predicted octanol–water partition coefficient (Wildman–Crippen LogP) is 6.02. The highest BCUT2D eigenvalue weighted by Gasteiger charge is 2.10. The minimum Gasteiger partial charge on any atom is -0.486 e. The minimum absolute atomic E-state index is 0.0609. The van der Waals surface area contributed by atoms with Gasteiger partial charge >= 0.3 is 5.97 Å². The number of hydrogen-bond acceptors (Lipinski definition) is 3. The average Bonchev–Trinajstić information content (AvgIpc) is 2.70. The van der Waals surface area contributed by atoms with Gasteiger partial charge in [0.25, 0.3) is 0 Å². The molecule has 0 N–H and O–H groups in total. The lowest BCUT2D eigenvalue weighted by Gasteiger charge is -2.12. The monoisotopic (exact) mass is 454 g/mol. The number of ether oxygens (including phenoxy) is 2. The molecule has 0 spiro atoms. The fourth-order valence-corrected chi connectivity index (χ4v) is 3.70. The maximum Gasteiger partial charge on any atom is 0.331 e. The second-order valence-corrected chi connectivity index (χ2v) is 7.15. The fraction of sp³-hybridized carbons (Fsp3) is 0.0870. The van der Waals surface area contributed by atoms with Crippen LogP contribution in [0.2, 0.25) is 5.02 Å². The molecule has 0 atom stereocenters. The van der Waals surface area contributed by atoms with E-state index in [-0.39, 0.29) is 6.61 Å². The van der Waals surface area contributed by atoms with Gasteiger partial charge in [-0.25, -0.2) is 4.79 Å². The molecule has 0 saturated carbocycles. The van der Waals surface area contributed by atoms with Crippen LogP contribution < -0.4 is 4.74 Å². The van der Waals surface area contributed by atoms with Crippen molar-refractivity contribution in [2.75, 3.05) is 6.61 Å². The van der Waals surface area contributed by atoms with E-state index >= 15 is 0 Å². The van der Waals surface area contributed by atoms with Crippen molar-refractivity contribution in [3.05, 3.63) is 81.3 Å². The third kappa shape index (κ3) is 4.95. The molecule has 0 unspecified atom stereocenters. The van der Waals surface area contributed by atoms with E-state index in [1.807, 2.05) is 30.3 Å². The van der Waals surface area contributed by atoms with E-state index in [9.17, 15) is 4.79 Å². The van der Waals surface area contributed by atoms with Gasteiger partial charge < -0.3 is 9.47 Å². The normalized spacial score (nSPS) is 10.8. The second-order valence-electron chi connectivity index (χ2n) is 5.89. The van der Waals surface area contributed by atoms with Crippen LogP contribution in [0.3, 0.4) is 0 Å². The topological polar surface area (TPSA) is 35.5 Å². The van der Waals surface area contributed by atoms with Crippen LogP contribution >= 0.6 is 27.5 Å². The van der Waals surface area contributed by atoms with Gasteiger partial charge in [0.1, 0.15) is 6.61 Å². The number of carbonyl (C=O) groups excluding carboxylic acids is 1. The number of halogens is 2. The number of hydrogen-bond donors (Lipinski definition) is 0. The molecule has 0 heterocycles. The molecule has 3 nitrogen and oxygen atoms in total. The summed E-state index contributed by atoms with van der Waals surface area (Å²) in [6, 6.07) is 17.8. The Kier molecular flexibility index (Phi) is 6.76. The molecule has 0 saturated heterocycles. The standard InChI is InChI=1S/C23H16BrClO3/c1-2-12-27-22(26)11-10-16-13-20(24)23(21(25)14-16)28-15-18-8-5-7-17-6-3-4-9-19(17)18/h1,3-11,13-14H,12,15H2/b11-10+. The zero-order chi connectivity index (χ0) is 19.9. The van der Waals surface area contributed by atoms with Crippen LogP contribution in [-0.2, 0) is 16.1 Å². The molecule has 3 aromatic rings. The highest BCUT2D eigenvalue weighted by Crippen LogP contribution is 2.36. The lowest BCUT2D eigenvalue weighted by Crippen LogP contribution is -2.00. The molecule has 28 heavy (non-hydrogen) atoms. The highest BCUT2D eigenvalue weighted by molar-refractivity contribution is 9.10. The van der Waals surface area contributed by atoms with Gasteiger partial charge in [0, 0.05) is 6.08 Å². The van der Waals surface area contributed by atoms with E-state index in [0.29, 0.717) is 21.9 Å². The summed E-state index contributed by atoms with van der Waals surface area (Å²) in [5.74, 6) is 2.27. The summed E-state index contributed by atoms with van der Waals surface area (Å²) in [6.45, 7) is 0.321. The lowest BCUT2D eigenvalue weighted by atomic mass is 10.1. The van der Waals surface area contributed by atoms with Crippen LogP contribution in [0.25, 0.3) is 16.8 Å². The number of benzene rings is 3. The van der Waals surface area contributed by atoms with Gasteiger partial charge in [0.05, 0.1) is 9.50 Å². The van der Waals surface area contributed by atoms with Crippen LogP contribution in [0.5, 0.6) is 5.75 Å². The Morgan fingerprint density at radius 2 is 1.96 bits per heavy atom. The summed E-state index contributed by atoms with van der Waals surface area (Å²) >= 11 is 9.87. The summed E-state index contributed by atoms with van der Waals surface area (Å²) in [7, 11) is 0. The first kappa shape index (κ1) is 20.0. The summed E-state index contributed by atoms with van der Waals surface area (Å²) in [4.78, 5) is 11.5. The first-order valence-corrected chi connectivity index (χ1v) is 9.62. The van der Waals surface area contributed by atoms with E-state index in [1.54, 1.807) is 12.1 Å². The number of fused-ring (bicyclic) bond motifs is 1. The van der Waals surface area contributed by atoms with E-state index in [0.717, 1.165) is 21.9 Å². The molecule has 0 amide bonds. The van der Waals surface area contributed by atoms with Gasteiger partial charge in [0.2, 0.25) is 0 Å². The molecule has 0 fully saturated rings. The van der Waals surface area contributed by atoms with Gasteiger partial charge in [-0.1, -0.05) is 60.0 Å². The van der Waals surface area contributed by atoms with E-state index in [4.69, 9.17) is 27.5 Å². The maximum atomic E-state index is 11.5. The Bertz CT molecular complexity index is 1050.